The topological polar surface area (TPSA) is 52.6 Å². The number of carbonyl (C=O) groups is 2. The Labute approximate surface area is 167 Å². The van der Waals surface area contributed by atoms with E-state index in [2.05, 4.69) is 0 Å². The average Bonchev–Trinajstić information content (AvgIpc) is 2.92. The molecule has 4 aromatic rings. The highest BCUT2D eigenvalue weighted by Crippen LogP contribution is 2.47. The predicted molar refractivity (Wildman–Crippen MR) is 113 cm³/mol. The Balaban J connectivity index is 1.88. The summed E-state index contributed by atoms with van der Waals surface area (Å²) in [4.78, 5) is 23.6. The number of ketones is 2. The lowest BCUT2D eigenvalue weighted by atomic mass is 9.90. The van der Waals surface area contributed by atoms with Crippen LogP contribution in [0.15, 0.2) is 60.7 Å². The standard InChI is InChI=1S/C25H18O4/c1-14(26)16-3-7-20-18(11-16)5-9-22-24(20)25-21-8-4-17(15(2)27)12-19(21)6-10-23(25)29-13-28-22/h3-12H,13H2,1-2H3. The third kappa shape index (κ3) is 2.76. The number of carbonyl (C=O) groups excluding carboxylic acids is 2. The van der Waals surface area contributed by atoms with E-state index in [0.717, 1.165) is 44.2 Å². The van der Waals surface area contributed by atoms with Gasteiger partial charge in [-0.2, -0.15) is 0 Å². The molecule has 4 heteroatoms. The van der Waals surface area contributed by atoms with Gasteiger partial charge in [-0.3, -0.25) is 9.59 Å². The summed E-state index contributed by atoms with van der Waals surface area (Å²) in [6.45, 7) is 3.25. The summed E-state index contributed by atoms with van der Waals surface area (Å²) in [5.74, 6) is 1.53. The molecule has 0 aromatic heterocycles. The van der Waals surface area contributed by atoms with E-state index in [0.29, 0.717) is 11.1 Å². The molecular weight excluding hydrogens is 364 g/mol. The summed E-state index contributed by atoms with van der Waals surface area (Å²) >= 11 is 0. The van der Waals surface area contributed by atoms with Gasteiger partial charge in [-0.15, -0.1) is 0 Å². The lowest BCUT2D eigenvalue weighted by Gasteiger charge is -2.14. The molecule has 29 heavy (non-hydrogen) atoms. The predicted octanol–water partition coefficient (Wildman–Crippen LogP) is 5.79. The normalized spacial score (nSPS) is 12.5. The van der Waals surface area contributed by atoms with E-state index < -0.39 is 0 Å². The molecule has 0 N–H and O–H groups in total. The number of Topliss-reactive ketones (excluding diaryl/α,β-unsaturated/α-hetero) is 2. The quantitative estimate of drug-likeness (QED) is 0.412. The molecular formula is C25H18O4. The molecule has 5 rings (SSSR count). The smallest absolute Gasteiger partial charge is 0.230 e. The van der Waals surface area contributed by atoms with Crippen LogP contribution in [0.5, 0.6) is 11.5 Å². The maximum Gasteiger partial charge on any atom is 0.230 e. The van der Waals surface area contributed by atoms with E-state index in [4.69, 9.17) is 9.47 Å². The van der Waals surface area contributed by atoms with Crippen molar-refractivity contribution < 1.29 is 19.1 Å². The maximum absolute atomic E-state index is 11.8. The molecule has 0 saturated heterocycles. The molecule has 1 aliphatic heterocycles. The molecule has 142 valence electrons. The Morgan fingerprint density at radius 1 is 0.655 bits per heavy atom. The summed E-state index contributed by atoms with van der Waals surface area (Å²) in [6.07, 6.45) is 0. The van der Waals surface area contributed by atoms with Crippen molar-refractivity contribution in [2.75, 3.05) is 6.79 Å². The zero-order chi connectivity index (χ0) is 20.1. The number of hydrogen-bond acceptors (Lipinski definition) is 4. The minimum Gasteiger partial charge on any atom is -0.457 e. The summed E-state index contributed by atoms with van der Waals surface area (Å²) < 4.78 is 11.8. The molecule has 0 bridgehead atoms. The van der Waals surface area contributed by atoms with Crippen LogP contribution in [0.4, 0.5) is 0 Å². The van der Waals surface area contributed by atoms with Gasteiger partial charge >= 0.3 is 0 Å². The van der Waals surface area contributed by atoms with E-state index in [9.17, 15) is 9.59 Å². The van der Waals surface area contributed by atoms with Crippen molar-refractivity contribution in [2.45, 2.75) is 13.8 Å². The molecule has 0 atom stereocenters. The number of ether oxygens (including phenoxy) is 2. The summed E-state index contributed by atoms with van der Waals surface area (Å²) in [5, 5.41) is 3.90. The summed E-state index contributed by atoms with van der Waals surface area (Å²) in [7, 11) is 0. The lowest BCUT2D eigenvalue weighted by Crippen LogP contribution is -2.03. The van der Waals surface area contributed by atoms with Crippen molar-refractivity contribution in [3.05, 3.63) is 71.8 Å². The zero-order valence-electron chi connectivity index (χ0n) is 16.1. The minimum absolute atomic E-state index is 0.0315. The first-order valence-corrected chi connectivity index (χ1v) is 9.44. The monoisotopic (exact) mass is 382 g/mol. The number of hydrogen-bond donors (Lipinski definition) is 0. The highest BCUT2D eigenvalue weighted by molar-refractivity contribution is 6.12. The highest BCUT2D eigenvalue weighted by atomic mass is 16.7. The molecule has 0 spiro atoms. The average molecular weight is 382 g/mol. The van der Waals surface area contributed by atoms with Gasteiger partial charge in [0.2, 0.25) is 6.79 Å². The largest absolute Gasteiger partial charge is 0.457 e. The molecule has 0 radical (unpaired) electrons. The van der Waals surface area contributed by atoms with E-state index in [1.807, 2.05) is 60.7 Å². The van der Waals surface area contributed by atoms with Crippen molar-refractivity contribution in [1.82, 2.24) is 0 Å². The van der Waals surface area contributed by atoms with Crippen LogP contribution in [0.3, 0.4) is 0 Å². The van der Waals surface area contributed by atoms with Gasteiger partial charge < -0.3 is 9.47 Å². The van der Waals surface area contributed by atoms with Gasteiger partial charge in [-0.1, -0.05) is 36.4 Å². The first-order chi connectivity index (χ1) is 14.0. The van der Waals surface area contributed by atoms with Gasteiger partial charge in [0.15, 0.2) is 11.6 Å². The van der Waals surface area contributed by atoms with Crippen LogP contribution < -0.4 is 9.47 Å². The summed E-state index contributed by atoms with van der Waals surface area (Å²) in [5.41, 5.74) is 3.22. The van der Waals surface area contributed by atoms with Crippen molar-refractivity contribution in [1.29, 1.82) is 0 Å². The first kappa shape index (κ1) is 17.4. The van der Waals surface area contributed by atoms with E-state index in [1.54, 1.807) is 13.8 Å². The fourth-order valence-electron chi connectivity index (χ4n) is 3.97. The van der Waals surface area contributed by atoms with Gasteiger partial charge in [-0.25, -0.2) is 0 Å². The molecule has 0 unspecified atom stereocenters. The second-order valence-corrected chi connectivity index (χ2v) is 7.27. The molecule has 1 heterocycles. The van der Waals surface area contributed by atoms with E-state index in [-0.39, 0.29) is 18.4 Å². The van der Waals surface area contributed by atoms with Crippen LogP contribution >= 0.6 is 0 Å². The van der Waals surface area contributed by atoms with E-state index >= 15 is 0 Å². The fourth-order valence-corrected chi connectivity index (χ4v) is 3.97. The first-order valence-electron chi connectivity index (χ1n) is 9.44. The highest BCUT2D eigenvalue weighted by Gasteiger charge is 2.22. The maximum atomic E-state index is 11.8. The van der Waals surface area contributed by atoms with Crippen molar-refractivity contribution in [3.63, 3.8) is 0 Å². The van der Waals surface area contributed by atoms with Crippen molar-refractivity contribution in [2.24, 2.45) is 0 Å². The number of rotatable bonds is 2. The minimum atomic E-state index is 0.0315. The summed E-state index contributed by atoms with van der Waals surface area (Å²) in [6, 6.07) is 19.2. The second kappa shape index (κ2) is 6.45. The van der Waals surface area contributed by atoms with Gasteiger partial charge in [-0.05, 0) is 59.7 Å². The van der Waals surface area contributed by atoms with Gasteiger partial charge in [0, 0.05) is 22.3 Å². The SMILES string of the molecule is CC(=O)c1ccc2c3c(ccc2c1)OCOc1ccc2cc(C(C)=O)ccc2c1-3. The number of benzene rings is 4. The molecule has 0 amide bonds. The lowest BCUT2D eigenvalue weighted by molar-refractivity contribution is 0.100. The number of fused-ring (bicyclic) bond motifs is 7. The Morgan fingerprint density at radius 2 is 1.10 bits per heavy atom. The fraction of sp³-hybridized carbons (Fsp3) is 0.120. The molecule has 0 aliphatic carbocycles. The molecule has 4 aromatic carbocycles. The Hall–Kier alpha value is -3.66. The van der Waals surface area contributed by atoms with Crippen LogP contribution in [-0.4, -0.2) is 18.4 Å². The van der Waals surface area contributed by atoms with Gasteiger partial charge in [0.05, 0.1) is 0 Å². The Bertz CT molecular complexity index is 1230. The molecule has 4 nitrogen and oxygen atoms in total. The Kier molecular flexibility index (Phi) is 3.88. The third-order valence-electron chi connectivity index (χ3n) is 5.46. The van der Waals surface area contributed by atoms with E-state index in [1.165, 1.54) is 0 Å². The Morgan fingerprint density at radius 3 is 1.52 bits per heavy atom. The van der Waals surface area contributed by atoms with Crippen molar-refractivity contribution >= 4 is 33.1 Å². The van der Waals surface area contributed by atoms with Crippen LogP contribution in [0.2, 0.25) is 0 Å². The zero-order valence-corrected chi connectivity index (χ0v) is 16.1. The van der Waals surface area contributed by atoms with Crippen LogP contribution in [-0.2, 0) is 0 Å². The molecule has 0 saturated carbocycles. The molecule has 1 aliphatic rings. The molecule has 0 fully saturated rings. The second-order valence-electron chi connectivity index (χ2n) is 7.27. The van der Waals surface area contributed by atoms with Crippen LogP contribution in [0.1, 0.15) is 34.6 Å². The van der Waals surface area contributed by atoms with Gasteiger partial charge in [0.25, 0.3) is 0 Å². The van der Waals surface area contributed by atoms with Gasteiger partial charge in [0.1, 0.15) is 11.5 Å². The third-order valence-corrected chi connectivity index (χ3v) is 5.46. The van der Waals surface area contributed by atoms with Crippen molar-refractivity contribution in [3.8, 4) is 22.6 Å². The van der Waals surface area contributed by atoms with Crippen LogP contribution in [0, 0.1) is 0 Å². The van der Waals surface area contributed by atoms with Crippen LogP contribution in [0.25, 0.3) is 32.7 Å².